The van der Waals surface area contributed by atoms with Gasteiger partial charge in [-0.15, -0.1) is 0 Å². The number of benzene rings is 1. The Kier molecular flexibility index (Phi) is 3.06. The van der Waals surface area contributed by atoms with E-state index in [1.165, 1.54) is 0 Å². The van der Waals surface area contributed by atoms with E-state index in [1.54, 1.807) is 12.0 Å². The molecule has 6 heteroatoms. The lowest BCUT2D eigenvalue weighted by Gasteiger charge is -2.35. The summed E-state index contributed by atoms with van der Waals surface area (Å²) in [5, 5.41) is 9.99. The Bertz CT molecular complexity index is 702. The van der Waals surface area contributed by atoms with E-state index in [-0.39, 0.29) is 11.5 Å². The second kappa shape index (κ2) is 4.89. The van der Waals surface area contributed by atoms with E-state index in [4.69, 9.17) is 15.2 Å². The normalized spacial score (nSPS) is 31.0. The van der Waals surface area contributed by atoms with Crippen LogP contribution in [0.1, 0.15) is 24.0 Å². The molecule has 3 aliphatic rings. The van der Waals surface area contributed by atoms with Gasteiger partial charge in [-0.2, -0.15) is 0 Å². The van der Waals surface area contributed by atoms with Gasteiger partial charge in [-0.05, 0) is 18.1 Å². The summed E-state index contributed by atoms with van der Waals surface area (Å²) in [6.07, 6.45) is 4.47. The van der Waals surface area contributed by atoms with Crippen LogP contribution in [0.3, 0.4) is 0 Å². The number of ether oxygens (including phenoxy) is 2. The minimum absolute atomic E-state index is 0.152. The molecular formula is C17H20N2O4. The van der Waals surface area contributed by atoms with Crippen LogP contribution in [0.5, 0.6) is 11.5 Å². The highest BCUT2D eigenvalue weighted by Gasteiger charge is 2.53. The number of carbonyl (C=O) groups is 1. The molecule has 122 valence electrons. The van der Waals surface area contributed by atoms with Crippen molar-refractivity contribution in [2.75, 3.05) is 13.7 Å². The van der Waals surface area contributed by atoms with Gasteiger partial charge in [0.1, 0.15) is 6.10 Å². The van der Waals surface area contributed by atoms with Gasteiger partial charge in [-0.25, -0.2) is 4.79 Å². The van der Waals surface area contributed by atoms with Crippen LogP contribution in [-0.2, 0) is 12.0 Å². The smallest absolute Gasteiger partial charge is 0.315 e. The van der Waals surface area contributed by atoms with Gasteiger partial charge in [0.05, 0.1) is 18.6 Å². The van der Waals surface area contributed by atoms with Gasteiger partial charge in [-0.1, -0.05) is 18.2 Å². The van der Waals surface area contributed by atoms with Crippen molar-refractivity contribution in [2.24, 2.45) is 5.73 Å². The van der Waals surface area contributed by atoms with Crippen molar-refractivity contribution < 1.29 is 19.4 Å². The topological polar surface area (TPSA) is 85.0 Å². The number of nitrogens with two attached hydrogens (primary N) is 1. The van der Waals surface area contributed by atoms with Gasteiger partial charge in [0, 0.05) is 25.1 Å². The number of amides is 2. The molecule has 1 aromatic rings. The lowest BCUT2D eigenvalue weighted by molar-refractivity contribution is 0.0823. The molecule has 1 aliphatic carbocycles. The SMILES string of the molecule is COc1ccc2c3c1O[C@H]1C[C@H](O)C=CC31CCN(C(N)=O)C2. The molecule has 3 atom stereocenters. The lowest BCUT2D eigenvalue weighted by Crippen LogP contribution is -2.43. The van der Waals surface area contributed by atoms with Crippen molar-refractivity contribution in [1.82, 2.24) is 4.90 Å². The Balaban J connectivity index is 1.92. The summed E-state index contributed by atoms with van der Waals surface area (Å²) < 4.78 is 11.7. The molecule has 0 bridgehead atoms. The first-order valence-corrected chi connectivity index (χ1v) is 7.84. The molecule has 1 unspecified atom stereocenters. The van der Waals surface area contributed by atoms with Crippen molar-refractivity contribution in [3.05, 3.63) is 35.4 Å². The number of nitrogens with zero attached hydrogens (tertiary/aromatic N) is 1. The molecular weight excluding hydrogens is 296 g/mol. The van der Waals surface area contributed by atoms with Gasteiger partial charge in [-0.3, -0.25) is 0 Å². The predicted molar refractivity (Wildman–Crippen MR) is 83.5 cm³/mol. The van der Waals surface area contributed by atoms with E-state index >= 15 is 0 Å². The Morgan fingerprint density at radius 3 is 3.09 bits per heavy atom. The standard InChI is InChI=1S/C17H20N2O4/c1-22-12-3-2-10-9-19(16(18)21)7-6-17-5-4-11(20)8-13(17)23-15(12)14(10)17/h2-5,11,13,20H,6-9H2,1H3,(H2,18,21)/t11-,13+,17?/m1/s1. The molecule has 0 saturated carbocycles. The number of carbonyl (C=O) groups excluding carboxylic acids is 1. The first-order chi connectivity index (χ1) is 11.0. The molecule has 2 heterocycles. The minimum atomic E-state index is -0.509. The quantitative estimate of drug-likeness (QED) is 0.765. The second-order valence-electron chi connectivity index (χ2n) is 6.45. The summed E-state index contributed by atoms with van der Waals surface area (Å²) in [4.78, 5) is 13.4. The molecule has 23 heavy (non-hydrogen) atoms. The molecule has 0 saturated heterocycles. The summed E-state index contributed by atoms with van der Waals surface area (Å²) in [5.74, 6) is 1.42. The van der Waals surface area contributed by atoms with Gasteiger partial charge in [0.2, 0.25) is 0 Å². The van der Waals surface area contributed by atoms with Crippen molar-refractivity contribution in [2.45, 2.75) is 37.0 Å². The molecule has 0 radical (unpaired) electrons. The molecule has 3 N–H and O–H groups in total. The highest BCUT2D eigenvalue weighted by Crippen LogP contribution is 2.55. The molecule has 2 amide bonds. The molecule has 6 nitrogen and oxygen atoms in total. The molecule has 0 fully saturated rings. The van der Waals surface area contributed by atoms with Crippen LogP contribution in [0.25, 0.3) is 0 Å². The zero-order valence-corrected chi connectivity index (χ0v) is 13.0. The van der Waals surface area contributed by atoms with Gasteiger partial charge in [0.25, 0.3) is 0 Å². The number of aliphatic hydroxyl groups excluding tert-OH is 1. The molecule has 0 aromatic heterocycles. The average molecular weight is 316 g/mol. The van der Waals surface area contributed by atoms with Crippen LogP contribution in [0.4, 0.5) is 4.79 Å². The van der Waals surface area contributed by atoms with Gasteiger partial charge in [0.15, 0.2) is 11.5 Å². The Labute approximate surface area is 134 Å². The summed E-state index contributed by atoms with van der Waals surface area (Å²) in [6.45, 7) is 1.03. The Morgan fingerprint density at radius 1 is 1.52 bits per heavy atom. The lowest BCUT2D eigenvalue weighted by atomic mass is 9.69. The highest BCUT2D eigenvalue weighted by atomic mass is 16.5. The monoisotopic (exact) mass is 316 g/mol. The Morgan fingerprint density at radius 2 is 2.35 bits per heavy atom. The summed E-state index contributed by atoms with van der Waals surface area (Å²) in [6, 6.07) is 3.43. The fourth-order valence-electron chi connectivity index (χ4n) is 4.12. The third kappa shape index (κ3) is 1.94. The third-order valence-corrected chi connectivity index (χ3v) is 5.27. The number of hydrogen-bond donors (Lipinski definition) is 2. The number of aliphatic hydroxyl groups is 1. The summed E-state index contributed by atoms with van der Waals surface area (Å²) >= 11 is 0. The first-order valence-electron chi connectivity index (χ1n) is 7.84. The van der Waals surface area contributed by atoms with Crippen LogP contribution >= 0.6 is 0 Å². The fourth-order valence-corrected chi connectivity index (χ4v) is 4.12. The molecule has 1 aromatic carbocycles. The number of rotatable bonds is 1. The van der Waals surface area contributed by atoms with Gasteiger partial charge < -0.3 is 25.2 Å². The van der Waals surface area contributed by atoms with E-state index in [2.05, 4.69) is 0 Å². The van der Waals surface area contributed by atoms with Crippen LogP contribution in [0, 0.1) is 0 Å². The molecule has 1 spiro atoms. The van der Waals surface area contributed by atoms with Crippen molar-refractivity contribution in [1.29, 1.82) is 0 Å². The number of hydrogen-bond acceptors (Lipinski definition) is 4. The maximum Gasteiger partial charge on any atom is 0.315 e. The minimum Gasteiger partial charge on any atom is -0.493 e. The maximum atomic E-state index is 11.7. The number of methoxy groups -OCH3 is 1. The van der Waals surface area contributed by atoms with Crippen LogP contribution in [0.15, 0.2) is 24.3 Å². The molecule has 4 rings (SSSR count). The largest absolute Gasteiger partial charge is 0.493 e. The third-order valence-electron chi connectivity index (χ3n) is 5.27. The zero-order chi connectivity index (χ0) is 16.2. The fraction of sp³-hybridized carbons (Fsp3) is 0.471. The van der Waals surface area contributed by atoms with E-state index in [1.807, 2.05) is 24.3 Å². The Hall–Kier alpha value is -2.21. The number of urea groups is 1. The van der Waals surface area contributed by atoms with Crippen LogP contribution < -0.4 is 15.2 Å². The van der Waals surface area contributed by atoms with Crippen LogP contribution in [0.2, 0.25) is 0 Å². The first kappa shape index (κ1) is 14.4. The predicted octanol–water partition coefficient (Wildman–Crippen LogP) is 1.30. The summed E-state index contributed by atoms with van der Waals surface area (Å²) in [7, 11) is 1.62. The second-order valence-corrected chi connectivity index (χ2v) is 6.45. The van der Waals surface area contributed by atoms with Crippen molar-refractivity contribution in [3.8, 4) is 11.5 Å². The number of primary amides is 1. The van der Waals surface area contributed by atoms with E-state index < -0.39 is 12.1 Å². The van der Waals surface area contributed by atoms with Gasteiger partial charge >= 0.3 is 6.03 Å². The highest BCUT2D eigenvalue weighted by molar-refractivity contribution is 5.73. The van der Waals surface area contributed by atoms with Crippen molar-refractivity contribution >= 4 is 6.03 Å². The summed E-state index contributed by atoms with van der Waals surface area (Å²) in [5.41, 5.74) is 7.29. The van der Waals surface area contributed by atoms with E-state index in [9.17, 15) is 9.90 Å². The van der Waals surface area contributed by atoms with Crippen LogP contribution in [-0.4, -0.2) is 41.9 Å². The zero-order valence-electron chi connectivity index (χ0n) is 13.0. The van der Waals surface area contributed by atoms with E-state index in [0.29, 0.717) is 25.3 Å². The van der Waals surface area contributed by atoms with E-state index in [0.717, 1.165) is 23.3 Å². The van der Waals surface area contributed by atoms with Crippen molar-refractivity contribution in [3.63, 3.8) is 0 Å². The molecule has 2 aliphatic heterocycles. The maximum absolute atomic E-state index is 11.7. The average Bonchev–Trinajstić information content (AvgIpc) is 2.75.